The Hall–Kier alpha value is -1.11. The van der Waals surface area contributed by atoms with Gasteiger partial charge in [0.05, 0.1) is 4.90 Å². The molecule has 19 heavy (non-hydrogen) atoms. The maximum atomic E-state index is 12.1. The molecule has 1 aliphatic rings. The largest absolute Gasteiger partial charge is 0.340 e. The summed E-state index contributed by atoms with van der Waals surface area (Å²) in [5.41, 5.74) is 5.70. The predicted octanol–water partition coefficient (Wildman–Crippen LogP) is 0.673. The van der Waals surface area contributed by atoms with Gasteiger partial charge in [0.2, 0.25) is 5.91 Å². The van der Waals surface area contributed by atoms with Crippen LogP contribution in [0.25, 0.3) is 0 Å². The van der Waals surface area contributed by atoms with Crippen LogP contribution in [0.5, 0.6) is 0 Å². The van der Waals surface area contributed by atoms with Crippen molar-refractivity contribution >= 4 is 27.3 Å². The molecule has 5 nitrogen and oxygen atoms in total. The fourth-order valence-corrected chi connectivity index (χ4v) is 3.34. The van der Waals surface area contributed by atoms with Crippen molar-refractivity contribution in [2.75, 3.05) is 18.8 Å². The number of benzene rings is 1. The van der Waals surface area contributed by atoms with Gasteiger partial charge in [0.15, 0.2) is 9.84 Å². The van der Waals surface area contributed by atoms with Crippen LogP contribution in [-0.2, 0) is 14.6 Å². The van der Waals surface area contributed by atoms with Gasteiger partial charge in [0, 0.05) is 24.2 Å². The van der Waals surface area contributed by atoms with E-state index in [1.54, 1.807) is 0 Å². The molecule has 1 fully saturated rings. The van der Waals surface area contributed by atoms with Crippen LogP contribution >= 0.6 is 11.6 Å². The van der Waals surface area contributed by atoms with Crippen LogP contribution in [0.15, 0.2) is 29.2 Å². The molecular formula is C12H15ClN2O3S. The molecule has 1 aromatic carbocycles. The van der Waals surface area contributed by atoms with Crippen LogP contribution in [-0.4, -0.2) is 44.1 Å². The summed E-state index contributed by atoms with van der Waals surface area (Å²) in [6, 6.07) is 5.73. The number of halogens is 1. The van der Waals surface area contributed by atoms with Gasteiger partial charge in [0.25, 0.3) is 0 Å². The molecule has 0 aliphatic carbocycles. The van der Waals surface area contributed by atoms with Crippen molar-refractivity contribution in [1.82, 2.24) is 4.90 Å². The lowest BCUT2D eigenvalue weighted by Crippen LogP contribution is -2.35. The smallest absolute Gasteiger partial charge is 0.238 e. The van der Waals surface area contributed by atoms with Gasteiger partial charge in [-0.2, -0.15) is 0 Å². The number of hydrogen-bond donors (Lipinski definition) is 1. The first-order chi connectivity index (χ1) is 8.88. The lowest BCUT2D eigenvalue weighted by atomic mass is 10.3. The number of rotatable bonds is 3. The summed E-state index contributed by atoms with van der Waals surface area (Å²) in [5.74, 6) is -0.927. The van der Waals surface area contributed by atoms with Gasteiger partial charge in [-0.15, -0.1) is 0 Å². The fraction of sp³-hybridized carbons (Fsp3) is 0.417. The van der Waals surface area contributed by atoms with Gasteiger partial charge in [-0.05, 0) is 30.7 Å². The van der Waals surface area contributed by atoms with Crippen LogP contribution in [0.4, 0.5) is 0 Å². The van der Waals surface area contributed by atoms with E-state index in [2.05, 4.69) is 0 Å². The molecule has 1 aliphatic heterocycles. The first kappa shape index (κ1) is 14.3. The molecule has 1 atom stereocenters. The van der Waals surface area contributed by atoms with Gasteiger partial charge in [0.1, 0.15) is 5.75 Å². The molecule has 104 valence electrons. The zero-order chi connectivity index (χ0) is 14.0. The van der Waals surface area contributed by atoms with Gasteiger partial charge in [-0.1, -0.05) is 11.6 Å². The average Bonchev–Trinajstić information content (AvgIpc) is 2.76. The first-order valence-electron chi connectivity index (χ1n) is 5.90. The van der Waals surface area contributed by atoms with E-state index in [1.165, 1.54) is 29.2 Å². The molecule has 1 amide bonds. The van der Waals surface area contributed by atoms with E-state index in [1.807, 2.05) is 0 Å². The highest BCUT2D eigenvalue weighted by Gasteiger charge is 2.28. The number of carbonyl (C=O) groups excluding carboxylic acids is 1. The minimum Gasteiger partial charge on any atom is -0.340 e. The summed E-state index contributed by atoms with van der Waals surface area (Å²) in [5, 5.41) is 0.454. The standard InChI is InChI=1S/C12H15ClN2O3S/c13-9-1-3-11(4-2-9)19(17,18)8-12(16)15-6-5-10(14)7-15/h1-4,10H,5-8,14H2. The Bertz CT molecular complexity index is 571. The van der Waals surface area contributed by atoms with E-state index in [0.717, 1.165) is 0 Å². The second-order valence-corrected chi connectivity index (χ2v) is 7.03. The molecule has 0 spiro atoms. The first-order valence-corrected chi connectivity index (χ1v) is 7.93. The van der Waals surface area contributed by atoms with Crippen molar-refractivity contribution in [2.24, 2.45) is 5.73 Å². The van der Waals surface area contributed by atoms with E-state index >= 15 is 0 Å². The van der Waals surface area contributed by atoms with Crippen molar-refractivity contribution in [3.63, 3.8) is 0 Å². The highest BCUT2D eigenvalue weighted by molar-refractivity contribution is 7.92. The zero-order valence-electron chi connectivity index (χ0n) is 10.3. The van der Waals surface area contributed by atoms with E-state index in [0.29, 0.717) is 24.5 Å². The summed E-state index contributed by atoms with van der Waals surface area (Å²) in [6.45, 7) is 0.950. The number of hydrogen-bond acceptors (Lipinski definition) is 4. The molecule has 0 aromatic heterocycles. The van der Waals surface area contributed by atoms with Gasteiger partial charge < -0.3 is 10.6 Å². The van der Waals surface area contributed by atoms with E-state index in [-0.39, 0.29) is 10.9 Å². The zero-order valence-corrected chi connectivity index (χ0v) is 11.8. The normalized spacial score (nSPS) is 19.7. The molecular weight excluding hydrogens is 288 g/mol. The Labute approximate surface area is 117 Å². The van der Waals surface area contributed by atoms with Crippen molar-refractivity contribution in [3.05, 3.63) is 29.3 Å². The Morgan fingerprint density at radius 2 is 2.00 bits per heavy atom. The predicted molar refractivity (Wildman–Crippen MR) is 72.7 cm³/mol. The van der Waals surface area contributed by atoms with E-state index in [4.69, 9.17) is 17.3 Å². The van der Waals surface area contributed by atoms with Gasteiger partial charge in [-0.3, -0.25) is 4.79 Å². The van der Waals surface area contributed by atoms with Crippen LogP contribution in [0, 0.1) is 0 Å². The maximum absolute atomic E-state index is 12.1. The van der Waals surface area contributed by atoms with Crippen LogP contribution in [0.3, 0.4) is 0 Å². The highest BCUT2D eigenvalue weighted by Crippen LogP contribution is 2.16. The van der Waals surface area contributed by atoms with Crippen LogP contribution in [0.2, 0.25) is 5.02 Å². The number of nitrogens with two attached hydrogens (primary N) is 1. The lowest BCUT2D eigenvalue weighted by molar-refractivity contribution is -0.127. The highest BCUT2D eigenvalue weighted by atomic mass is 35.5. The monoisotopic (exact) mass is 302 g/mol. The Morgan fingerprint density at radius 1 is 1.37 bits per heavy atom. The number of likely N-dealkylation sites (tertiary alicyclic amines) is 1. The quantitative estimate of drug-likeness (QED) is 0.890. The number of nitrogens with zero attached hydrogens (tertiary/aromatic N) is 1. The molecule has 1 unspecified atom stereocenters. The minimum absolute atomic E-state index is 0.0535. The van der Waals surface area contributed by atoms with Crippen LogP contribution in [0.1, 0.15) is 6.42 Å². The lowest BCUT2D eigenvalue weighted by Gasteiger charge is -2.15. The summed E-state index contributed by atoms with van der Waals surface area (Å²) in [6.07, 6.45) is 0.715. The Kier molecular flexibility index (Phi) is 4.13. The van der Waals surface area contributed by atoms with Gasteiger partial charge in [-0.25, -0.2) is 8.42 Å². The van der Waals surface area contributed by atoms with E-state index in [9.17, 15) is 13.2 Å². The van der Waals surface area contributed by atoms with Crippen molar-refractivity contribution in [2.45, 2.75) is 17.4 Å². The summed E-state index contributed by atoms with van der Waals surface area (Å²) in [7, 11) is -3.62. The molecule has 2 rings (SSSR count). The number of sulfone groups is 1. The Balaban J connectivity index is 2.09. The Morgan fingerprint density at radius 3 is 2.53 bits per heavy atom. The summed E-state index contributed by atoms with van der Waals surface area (Å²) < 4.78 is 24.1. The summed E-state index contributed by atoms with van der Waals surface area (Å²) >= 11 is 5.70. The number of carbonyl (C=O) groups is 1. The third kappa shape index (κ3) is 3.46. The van der Waals surface area contributed by atoms with Crippen molar-refractivity contribution < 1.29 is 13.2 Å². The molecule has 1 heterocycles. The second-order valence-electron chi connectivity index (χ2n) is 4.60. The number of amides is 1. The molecule has 0 saturated carbocycles. The average molecular weight is 303 g/mol. The molecule has 1 saturated heterocycles. The molecule has 0 radical (unpaired) electrons. The minimum atomic E-state index is -3.62. The molecule has 0 bridgehead atoms. The third-order valence-corrected chi connectivity index (χ3v) is 4.93. The van der Waals surface area contributed by atoms with E-state index < -0.39 is 21.5 Å². The third-order valence-electron chi connectivity index (χ3n) is 3.06. The van der Waals surface area contributed by atoms with Crippen molar-refractivity contribution in [3.8, 4) is 0 Å². The van der Waals surface area contributed by atoms with Gasteiger partial charge >= 0.3 is 0 Å². The topological polar surface area (TPSA) is 80.5 Å². The maximum Gasteiger partial charge on any atom is 0.238 e. The SMILES string of the molecule is NC1CCN(C(=O)CS(=O)(=O)c2ccc(Cl)cc2)C1. The van der Waals surface area contributed by atoms with Crippen LogP contribution < -0.4 is 5.73 Å². The molecule has 2 N–H and O–H groups in total. The van der Waals surface area contributed by atoms with Crippen molar-refractivity contribution in [1.29, 1.82) is 0 Å². The fourth-order valence-electron chi connectivity index (χ4n) is 1.99. The second kappa shape index (κ2) is 5.48. The molecule has 7 heteroatoms. The molecule has 1 aromatic rings. The summed E-state index contributed by atoms with van der Waals surface area (Å²) in [4.78, 5) is 13.5.